The zero-order valence-corrected chi connectivity index (χ0v) is 12.2. The molecule has 0 saturated carbocycles. The van der Waals surface area contributed by atoms with E-state index in [4.69, 9.17) is 5.11 Å². The molecule has 1 aromatic rings. The first-order valence-corrected chi connectivity index (χ1v) is 6.79. The summed E-state index contributed by atoms with van der Waals surface area (Å²) >= 11 is 0. The van der Waals surface area contributed by atoms with Crippen LogP contribution >= 0.6 is 0 Å². The number of fused-ring (bicyclic) bond motifs is 1. The highest BCUT2D eigenvalue weighted by molar-refractivity contribution is 5.93. The number of carbonyl (C=O) groups is 1. The zero-order chi connectivity index (χ0) is 14.2. The lowest BCUT2D eigenvalue weighted by Crippen LogP contribution is -2.26. The summed E-state index contributed by atoms with van der Waals surface area (Å²) in [5.41, 5.74) is 5.22. The number of carboxylic acids is 1. The minimum atomic E-state index is -0.721. The summed E-state index contributed by atoms with van der Waals surface area (Å²) in [4.78, 5) is 10.7. The molecule has 1 aromatic carbocycles. The third kappa shape index (κ3) is 2.29. The molecule has 3 nitrogen and oxygen atoms in total. The van der Waals surface area contributed by atoms with Crippen LogP contribution in [0.2, 0.25) is 0 Å². The summed E-state index contributed by atoms with van der Waals surface area (Å²) in [5.74, 6) is -0.721. The number of hydrogen-bond donors (Lipinski definition) is 1. The van der Waals surface area contributed by atoms with Crippen LogP contribution in [-0.2, 0) is 10.2 Å². The number of nitrogens with zero attached hydrogens (tertiary/aromatic N) is 1. The Morgan fingerprint density at radius 1 is 1.32 bits per heavy atom. The molecule has 0 aromatic heterocycles. The van der Waals surface area contributed by atoms with E-state index in [0.29, 0.717) is 6.42 Å². The fraction of sp³-hybridized carbons (Fsp3) is 0.500. The van der Waals surface area contributed by atoms with Gasteiger partial charge in [-0.05, 0) is 20.8 Å². The van der Waals surface area contributed by atoms with Crippen LogP contribution in [0.5, 0.6) is 0 Å². The number of hydrogen-bond acceptors (Lipinski definition) is 1. The Morgan fingerprint density at radius 2 is 2.00 bits per heavy atom. The van der Waals surface area contributed by atoms with Crippen LogP contribution in [0, 0.1) is 6.92 Å². The second-order valence-corrected chi connectivity index (χ2v) is 5.83. The fourth-order valence-electron chi connectivity index (χ4n) is 2.89. The van der Waals surface area contributed by atoms with Crippen molar-refractivity contribution in [3.63, 3.8) is 0 Å². The Kier molecular flexibility index (Phi) is 3.48. The Hall–Kier alpha value is -1.64. The maximum atomic E-state index is 10.7. The molecule has 0 bridgehead atoms. The van der Waals surface area contributed by atoms with Crippen LogP contribution in [0.3, 0.4) is 0 Å². The van der Waals surface area contributed by atoms with Gasteiger partial charge in [-0.2, -0.15) is 4.58 Å². The van der Waals surface area contributed by atoms with E-state index in [0.717, 1.165) is 6.54 Å². The zero-order valence-electron chi connectivity index (χ0n) is 12.2. The summed E-state index contributed by atoms with van der Waals surface area (Å²) in [7, 11) is 0. The average molecular weight is 260 g/mol. The molecular formula is C16H22NO2+. The quantitative estimate of drug-likeness (QED) is 0.844. The van der Waals surface area contributed by atoms with Crippen molar-refractivity contribution in [1.29, 1.82) is 0 Å². The van der Waals surface area contributed by atoms with E-state index in [2.05, 4.69) is 50.5 Å². The summed E-state index contributed by atoms with van der Waals surface area (Å²) in [6.07, 6.45) is 0.905. The molecule has 1 N–H and O–H groups in total. The maximum absolute atomic E-state index is 10.7. The topological polar surface area (TPSA) is 40.3 Å². The molecule has 0 unspecified atom stereocenters. The van der Waals surface area contributed by atoms with E-state index < -0.39 is 5.97 Å². The summed E-state index contributed by atoms with van der Waals surface area (Å²) in [6.45, 7) is 9.52. The molecule has 102 valence electrons. The first-order valence-electron chi connectivity index (χ1n) is 6.79. The molecule has 1 aliphatic heterocycles. The van der Waals surface area contributed by atoms with Gasteiger partial charge in [-0.1, -0.05) is 18.2 Å². The number of benzene rings is 1. The number of carboxylic acid groups (broad SMARTS) is 1. The van der Waals surface area contributed by atoms with E-state index in [-0.39, 0.29) is 11.8 Å². The Morgan fingerprint density at radius 3 is 2.63 bits per heavy atom. The van der Waals surface area contributed by atoms with E-state index in [9.17, 15) is 4.79 Å². The van der Waals surface area contributed by atoms with Crippen molar-refractivity contribution in [2.45, 2.75) is 46.0 Å². The predicted octanol–water partition coefficient (Wildman–Crippen LogP) is 3.26. The Bertz CT molecular complexity index is 556. The minimum absolute atomic E-state index is 0.0323. The molecule has 0 atom stereocenters. The monoisotopic (exact) mass is 260 g/mol. The molecule has 0 fully saturated rings. The van der Waals surface area contributed by atoms with Gasteiger partial charge in [-0.25, -0.2) is 0 Å². The van der Waals surface area contributed by atoms with Crippen LogP contribution in [0.25, 0.3) is 0 Å². The molecule has 0 spiro atoms. The van der Waals surface area contributed by atoms with Gasteiger partial charge in [-0.3, -0.25) is 4.79 Å². The van der Waals surface area contributed by atoms with Crippen LogP contribution in [0.15, 0.2) is 18.2 Å². The summed E-state index contributed by atoms with van der Waals surface area (Å²) in [5, 5.41) is 8.78. The maximum Gasteiger partial charge on any atom is 0.303 e. The van der Waals surface area contributed by atoms with Crippen LogP contribution in [0.4, 0.5) is 5.69 Å². The van der Waals surface area contributed by atoms with Crippen molar-refractivity contribution < 1.29 is 14.5 Å². The lowest BCUT2D eigenvalue weighted by molar-refractivity contribution is -0.440. The van der Waals surface area contributed by atoms with Gasteiger partial charge in [0.2, 0.25) is 5.69 Å². The highest BCUT2D eigenvalue weighted by atomic mass is 16.4. The third-order valence-corrected chi connectivity index (χ3v) is 4.26. The van der Waals surface area contributed by atoms with Crippen molar-refractivity contribution in [2.75, 3.05) is 6.54 Å². The van der Waals surface area contributed by atoms with Gasteiger partial charge in [-0.15, -0.1) is 0 Å². The van der Waals surface area contributed by atoms with Crippen molar-refractivity contribution >= 4 is 17.4 Å². The number of rotatable bonds is 4. The molecule has 0 saturated heterocycles. The van der Waals surface area contributed by atoms with Gasteiger partial charge in [0.05, 0.1) is 11.8 Å². The molecule has 0 amide bonds. The second kappa shape index (κ2) is 4.80. The standard InChI is InChI=1S/C16H21NO2/c1-11-7-5-8-13-15(11)17(10-6-9-14(18)19)12(2)16(13,3)4/h5,7-8H,6,9-10H2,1-4H3/p+1. The summed E-state index contributed by atoms with van der Waals surface area (Å²) < 4.78 is 2.30. The normalized spacial score (nSPS) is 16.6. The predicted molar refractivity (Wildman–Crippen MR) is 76.5 cm³/mol. The van der Waals surface area contributed by atoms with Gasteiger partial charge >= 0.3 is 5.97 Å². The highest BCUT2D eigenvalue weighted by Gasteiger charge is 2.43. The Labute approximate surface area is 114 Å². The van der Waals surface area contributed by atoms with E-state index in [1.54, 1.807) is 0 Å². The van der Waals surface area contributed by atoms with E-state index in [1.165, 1.54) is 22.5 Å². The largest absolute Gasteiger partial charge is 0.481 e. The molecule has 0 radical (unpaired) electrons. The molecular weight excluding hydrogens is 238 g/mol. The SMILES string of the molecule is CC1=[N+](CCCC(=O)O)c2c(C)cccc2C1(C)C. The number of aryl methyl sites for hydroxylation is 1. The fourth-order valence-corrected chi connectivity index (χ4v) is 2.89. The van der Waals surface area contributed by atoms with Crippen LogP contribution < -0.4 is 0 Å². The van der Waals surface area contributed by atoms with Crippen molar-refractivity contribution in [1.82, 2.24) is 0 Å². The second-order valence-electron chi connectivity index (χ2n) is 5.83. The summed E-state index contributed by atoms with van der Waals surface area (Å²) in [6, 6.07) is 6.41. The molecule has 2 rings (SSSR count). The van der Waals surface area contributed by atoms with Gasteiger partial charge in [0, 0.05) is 24.5 Å². The average Bonchev–Trinajstić information content (AvgIpc) is 2.51. The molecule has 1 heterocycles. The third-order valence-electron chi connectivity index (χ3n) is 4.26. The first kappa shape index (κ1) is 13.8. The van der Waals surface area contributed by atoms with E-state index >= 15 is 0 Å². The van der Waals surface area contributed by atoms with Crippen molar-refractivity contribution in [3.05, 3.63) is 29.3 Å². The molecule has 3 heteroatoms. The van der Waals surface area contributed by atoms with E-state index in [1.807, 2.05) is 0 Å². The molecule has 1 aliphatic rings. The number of aliphatic carboxylic acids is 1. The number of para-hydroxylation sites is 1. The smallest absolute Gasteiger partial charge is 0.303 e. The molecule has 0 aliphatic carbocycles. The van der Waals surface area contributed by atoms with Gasteiger partial charge < -0.3 is 5.11 Å². The highest BCUT2D eigenvalue weighted by Crippen LogP contribution is 2.41. The Balaban J connectivity index is 2.38. The van der Waals surface area contributed by atoms with Gasteiger partial charge in [0.25, 0.3) is 0 Å². The minimum Gasteiger partial charge on any atom is -0.481 e. The lowest BCUT2D eigenvalue weighted by atomic mass is 9.82. The lowest BCUT2D eigenvalue weighted by Gasteiger charge is -2.14. The van der Waals surface area contributed by atoms with Crippen molar-refractivity contribution in [3.8, 4) is 0 Å². The van der Waals surface area contributed by atoms with Gasteiger partial charge in [0.1, 0.15) is 6.54 Å². The van der Waals surface area contributed by atoms with Gasteiger partial charge in [0.15, 0.2) is 5.71 Å². The van der Waals surface area contributed by atoms with Crippen LogP contribution in [-0.4, -0.2) is 27.9 Å². The molecule has 19 heavy (non-hydrogen) atoms. The van der Waals surface area contributed by atoms with Crippen molar-refractivity contribution in [2.24, 2.45) is 0 Å². The van der Waals surface area contributed by atoms with Crippen LogP contribution in [0.1, 0.15) is 44.7 Å². The first-order chi connectivity index (χ1) is 8.85.